The van der Waals surface area contributed by atoms with Crippen molar-refractivity contribution in [2.24, 2.45) is 11.3 Å². The van der Waals surface area contributed by atoms with Crippen LogP contribution in [-0.4, -0.2) is 37.1 Å². The van der Waals surface area contributed by atoms with Crippen molar-refractivity contribution < 1.29 is 0 Å². The van der Waals surface area contributed by atoms with E-state index < -0.39 is 0 Å². The molecule has 2 unspecified atom stereocenters. The third kappa shape index (κ3) is 3.77. The van der Waals surface area contributed by atoms with Gasteiger partial charge in [0.1, 0.15) is 6.04 Å². The molecule has 0 bridgehead atoms. The minimum Gasteiger partial charge on any atom is -0.301 e. The van der Waals surface area contributed by atoms with Gasteiger partial charge in [-0.2, -0.15) is 5.26 Å². The van der Waals surface area contributed by atoms with Crippen LogP contribution in [0.3, 0.4) is 0 Å². The summed E-state index contributed by atoms with van der Waals surface area (Å²) in [6.45, 7) is 13.0. The van der Waals surface area contributed by atoms with Crippen LogP contribution in [0.2, 0.25) is 0 Å². The van der Waals surface area contributed by atoms with E-state index in [4.69, 9.17) is 5.26 Å². The molecule has 16 heavy (non-hydrogen) atoms. The second-order valence-corrected chi connectivity index (χ2v) is 5.85. The molecule has 0 spiro atoms. The van der Waals surface area contributed by atoms with Crippen molar-refractivity contribution in [1.29, 1.82) is 5.26 Å². The highest BCUT2D eigenvalue weighted by Gasteiger charge is 2.32. The van der Waals surface area contributed by atoms with E-state index in [0.29, 0.717) is 5.41 Å². The smallest absolute Gasteiger partial charge is 0.108 e. The molecule has 2 atom stereocenters. The summed E-state index contributed by atoms with van der Waals surface area (Å²) < 4.78 is 0. The molecule has 1 N–H and O–H groups in total. The van der Waals surface area contributed by atoms with Crippen LogP contribution < -0.4 is 5.32 Å². The summed E-state index contributed by atoms with van der Waals surface area (Å²) in [5.74, 6) is 0.772. The predicted molar refractivity (Wildman–Crippen MR) is 67.1 cm³/mol. The van der Waals surface area contributed by atoms with Crippen molar-refractivity contribution in [3.8, 4) is 6.07 Å². The molecule has 1 rings (SSSR count). The van der Waals surface area contributed by atoms with Crippen LogP contribution in [0.4, 0.5) is 0 Å². The molecule has 1 saturated heterocycles. The van der Waals surface area contributed by atoms with Crippen molar-refractivity contribution >= 4 is 0 Å². The Balaban J connectivity index is 2.39. The van der Waals surface area contributed by atoms with Gasteiger partial charge in [0, 0.05) is 13.1 Å². The van der Waals surface area contributed by atoms with E-state index >= 15 is 0 Å². The van der Waals surface area contributed by atoms with Crippen LogP contribution in [0.15, 0.2) is 0 Å². The van der Waals surface area contributed by atoms with E-state index in [-0.39, 0.29) is 6.04 Å². The van der Waals surface area contributed by atoms with Gasteiger partial charge in [-0.3, -0.25) is 0 Å². The summed E-state index contributed by atoms with van der Waals surface area (Å²) in [4.78, 5) is 2.42. The lowest BCUT2D eigenvalue weighted by Crippen LogP contribution is -2.39. The van der Waals surface area contributed by atoms with E-state index in [2.05, 4.69) is 37.1 Å². The molecule has 0 radical (unpaired) electrons. The molecule has 1 aliphatic rings. The maximum Gasteiger partial charge on any atom is 0.108 e. The second-order valence-electron chi connectivity index (χ2n) is 5.85. The molecular formula is C13H25N3. The summed E-state index contributed by atoms with van der Waals surface area (Å²) >= 11 is 0. The lowest BCUT2D eigenvalue weighted by Gasteiger charge is -2.27. The fraction of sp³-hybridized carbons (Fsp3) is 0.923. The maximum atomic E-state index is 9.00. The summed E-state index contributed by atoms with van der Waals surface area (Å²) in [6, 6.07) is 2.32. The highest BCUT2D eigenvalue weighted by atomic mass is 15.2. The molecule has 0 aromatic heterocycles. The molecule has 0 amide bonds. The summed E-state index contributed by atoms with van der Waals surface area (Å²) in [5.41, 5.74) is 0.398. The van der Waals surface area contributed by atoms with Crippen molar-refractivity contribution in [1.82, 2.24) is 10.2 Å². The van der Waals surface area contributed by atoms with Crippen LogP contribution in [0.5, 0.6) is 0 Å². The Morgan fingerprint density at radius 1 is 1.50 bits per heavy atom. The maximum absolute atomic E-state index is 9.00. The standard InChI is InChI=1S/C13H25N3/c1-5-15-12(8-14)10-16-7-6-11(9-16)13(2,3)4/h11-12,15H,5-7,9-10H2,1-4H3. The van der Waals surface area contributed by atoms with Crippen LogP contribution >= 0.6 is 0 Å². The van der Waals surface area contributed by atoms with Crippen LogP contribution in [0, 0.1) is 22.7 Å². The van der Waals surface area contributed by atoms with E-state index in [1.165, 1.54) is 6.42 Å². The van der Waals surface area contributed by atoms with Gasteiger partial charge in [0.05, 0.1) is 6.07 Å². The zero-order valence-corrected chi connectivity index (χ0v) is 11.1. The Labute approximate surface area is 99.8 Å². The zero-order valence-electron chi connectivity index (χ0n) is 11.1. The highest BCUT2D eigenvalue weighted by Crippen LogP contribution is 2.33. The van der Waals surface area contributed by atoms with Crippen molar-refractivity contribution in [3.05, 3.63) is 0 Å². The third-order valence-corrected chi connectivity index (χ3v) is 3.54. The number of hydrogen-bond acceptors (Lipinski definition) is 3. The molecule has 92 valence electrons. The van der Waals surface area contributed by atoms with Crippen molar-refractivity contribution in [2.75, 3.05) is 26.2 Å². The number of nitriles is 1. The van der Waals surface area contributed by atoms with Gasteiger partial charge in [-0.1, -0.05) is 27.7 Å². The SMILES string of the molecule is CCNC(C#N)CN1CCC(C(C)(C)C)C1. The number of hydrogen-bond donors (Lipinski definition) is 1. The third-order valence-electron chi connectivity index (χ3n) is 3.54. The molecule has 0 aliphatic carbocycles. The summed E-state index contributed by atoms with van der Waals surface area (Å²) in [5, 5.41) is 12.2. The van der Waals surface area contributed by atoms with E-state index in [1.54, 1.807) is 0 Å². The fourth-order valence-electron chi connectivity index (χ4n) is 2.36. The molecule has 1 heterocycles. The predicted octanol–water partition coefficient (Wildman–Crippen LogP) is 1.86. The first-order valence-electron chi connectivity index (χ1n) is 6.32. The topological polar surface area (TPSA) is 39.1 Å². The van der Waals surface area contributed by atoms with Gasteiger partial charge in [-0.05, 0) is 30.8 Å². The van der Waals surface area contributed by atoms with E-state index in [1.807, 2.05) is 6.92 Å². The largest absolute Gasteiger partial charge is 0.301 e. The average Bonchev–Trinajstić information content (AvgIpc) is 2.65. The first-order chi connectivity index (χ1) is 7.47. The number of nitrogens with one attached hydrogen (secondary N) is 1. The number of rotatable bonds is 4. The molecule has 3 heteroatoms. The average molecular weight is 223 g/mol. The lowest BCUT2D eigenvalue weighted by molar-refractivity contribution is 0.225. The summed E-state index contributed by atoms with van der Waals surface area (Å²) in [7, 11) is 0. The Kier molecular flexibility index (Phi) is 4.76. The monoisotopic (exact) mass is 223 g/mol. The lowest BCUT2D eigenvalue weighted by atomic mass is 9.80. The van der Waals surface area contributed by atoms with Crippen LogP contribution in [-0.2, 0) is 0 Å². The van der Waals surface area contributed by atoms with Gasteiger partial charge >= 0.3 is 0 Å². The van der Waals surface area contributed by atoms with Gasteiger partial charge in [-0.15, -0.1) is 0 Å². The Bertz CT molecular complexity index is 249. The van der Waals surface area contributed by atoms with E-state index in [0.717, 1.165) is 32.1 Å². The number of likely N-dealkylation sites (tertiary alicyclic amines) is 1. The van der Waals surface area contributed by atoms with Gasteiger partial charge in [0.15, 0.2) is 0 Å². The van der Waals surface area contributed by atoms with E-state index in [9.17, 15) is 0 Å². The molecule has 3 nitrogen and oxygen atoms in total. The summed E-state index contributed by atoms with van der Waals surface area (Å²) in [6.07, 6.45) is 1.27. The molecule has 0 saturated carbocycles. The van der Waals surface area contributed by atoms with Gasteiger partial charge < -0.3 is 10.2 Å². The number of nitrogens with zero attached hydrogens (tertiary/aromatic N) is 2. The van der Waals surface area contributed by atoms with Crippen LogP contribution in [0.1, 0.15) is 34.1 Å². The second kappa shape index (κ2) is 5.65. The number of likely N-dealkylation sites (N-methyl/N-ethyl adjacent to an activating group) is 1. The van der Waals surface area contributed by atoms with Gasteiger partial charge in [0.2, 0.25) is 0 Å². The first-order valence-corrected chi connectivity index (χ1v) is 6.32. The Morgan fingerprint density at radius 3 is 2.62 bits per heavy atom. The molecule has 0 aromatic rings. The molecule has 1 aliphatic heterocycles. The highest BCUT2D eigenvalue weighted by molar-refractivity contribution is 4.94. The molecule has 1 fully saturated rings. The van der Waals surface area contributed by atoms with Crippen molar-refractivity contribution in [3.63, 3.8) is 0 Å². The molecular weight excluding hydrogens is 198 g/mol. The van der Waals surface area contributed by atoms with Crippen molar-refractivity contribution in [2.45, 2.75) is 40.2 Å². The fourth-order valence-corrected chi connectivity index (χ4v) is 2.36. The minimum atomic E-state index is -0.0104. The molecule has 0 aromatic carbocycles. The normalized spacial score (nSPS) is 24.3. The van der Waals surface area contributed by atoms with Gasteiger partial charge in [-0.25, -0.2) is 0 Å². The van der Waals surface area contributed by atoms with Crippen LogP contribution in [0.25, 0.3) is 0 Å². The first kappa shape index (κ1) is 13.5. The minimum absolute atomic E-state index is 0.0104. The Hall–Kier alpha value is -0.590. The Morgan fingerprint density at radius 2 is 2.19 bits per heavy atom. The van der Waals surface area contributed by atoms with Gasteiger partial charge in [0.25, 0.3) is 0 Å². The quantitative estimate of drug-likeness (QED) is 0.790. The zero-order chi connectivity index (χ0) is 12.2.